The maximum atomic E-state index is 13.7. The number of amides is 2. The molecule has 1 aromatic heterocycles. The van der Waals surface area contributed by atoms with Crippen molar-refractivity contribution >= 4 is 40.4 Å². The van der Waals surface area contributed by atoms with Gasteiger partial charge in [0.05, 0.1) is 19.2 Å². The summed E-state index contributed by atoms with van der Waals surface area (Å²) in [5.41, 5.74) is 1.83. The number of allylic oxidation sites excluding steroid dienone is 3. The molecule has 0 unspecified atom stereocenters. The molecular weight excluding hydrogens is 498 g/mol. The number of hydrogen-bond acceptors (Lipinski definition) is 7. The minimum Gasteiger partial charge on any atom is -0.472 e. The predicted molar refractivity (Wildman–Crippen MR) is 147 cm³/mol. The van der Waals surface area contributed by atoms with Crippen molar-refractivity contribution in [3.05, 3.63) is 53.8 Å². The van der Waals surface area contributed by atoms with Crippen LogP contribution in [0.5, 0.6) is 5.88 Å². The van der Waals surface area contributed by atoms with Crippen LogP contribution in [0.15, 0.2) is 48.2 Å². The van der Waals surface area contributed by atoms with E-state index in [-0.39, 0.29) is 37.6 Å². The fraction of sp³-hybridized carbons (Fsp3) is 0.433. The Labute approximate surface area is 228 Å². The van der Waals surface area contributed by atoms with Crippen molar-refractivity contribution < 1.29 is 28.7 Å². The maximum absolute atomic E-state index is 13.7. The molecule has 0 aliphatic carbocycles. The number of ether oxygens (including phenoxy) is 2. The normalized spacial score (nSPS) is 22.7. The van der Waals surface area contributed by atoms with Crippen LogP contribution >= 0.6 is 0 Å². The number of fused-ring (bicyclic) bond motifs is 3. The lowest BCUT2D eigenvalue weighted by Crippen LogP contribution is -2.51. The van der Waals surface area contributed by atoms with Crippen molar-refractivity contribution in [2.45, 2.75) is 71.1 Å². The van der Waals surface area contributed by atoms with Gasteiger partial charge in [-0.25, -0.2) is 9.78 Å². The van der Waals surface area contributed by atoms with Gasteiger partial charge in [0.25, 0.3) is 0 Å². The Morgan fingerprint density at radius 1 is 1.18 bits per heavy atom. The van der Waals surface area contributed by atoms with Crippen molar-refractivity contribution in [3.8, 4) is 5.88 Å². The molecule has 1 saturated heterocycles. The van der Waals surface area contributed by atoms with E-state index in [1.807, 2.05) is 50.3 Å². The zero-order chi connectivity index (χ0) is 27.9. The molecule has 206 valence electrons. The third-order valence-electron chi connectivity index (χ3n) is 6.82. The highest BCUT2D eigenvalue weighted by Crippen LogP contribution is 2.29. The van der Waals surface area contributed by atoms with E-state index in [1.165, 1.54) is 17.9 Å². The van der Waals surface area contributed by atoms with Crippen molar-refractivity contribution in [1.82, 2.24) is 15.2 Å². The first-order chi connectivity index (χ1) is 18.7. The fourth-order valence-corrected chi connectivity index (χ4v) is 4.93. The number of Topliss-reactive ketones (excluding diaryl/α,β-unsaturated/α-hetero) is 1. The van der Waals surface area contributed by atoms with Gasteiger partial charge in [-0.1, -0.05) is 29.9 Å². The van der Waals surface area contributed by atoms with Gasteiger partial charge in [0.2, 0.25) is 11.8 Å². The Balaban J connectivity index is 1.64. The number of pyridine rings is 1. The Morgan fingerprint density at radius 3 is 2.77 bits per heavy atom. The van der Waals surface area contributed by atoms with Crippen molar-refractivity contribution in [2.75, 3.05) is 13.2 Å². The zero-order valence-corrected chi connectivity index (χ0v) is 22.6. The van der Waals surface area contributed by atoms with Crippen LogP contribution in [-0.2, 0) is 19.1 Å². The molecular formula is C30H35N3O6. The van der Waals surface area contributed by atoms with Crippen LogP contribution in [0.3, 0.4) is 0 Å². The molecule has 2 aromatic rings. The SMILES string of the molecule is CC(=O)[C@@H]1C[C@@H]2CN1C(=O)[C@H](CCC(=O)C=C(C)C)NC(=O)OCCC/C=C/c1ccc3ccnc(c3c1)O2. The number of nitrogens with zero attached hydrogens (tertiary/aromatic N) is 2. The molecule has 1 fully saturated rings. The van der Waals surface area contributed by atoms with E-state index in [0.29, 0.717) is 25.1 Å². The van der Waals surface area contributed by atoms with E-state index < -0.39 is 30.2 Å². The van der Waals surface area contributed by atoms with E-state index in [0.717, 1.165) is 21.9 Å². The first-order valence-corrected chi connectivity index (χ1v) is 13.3. The maximum Gasteiger partial charge on any atom is 0.407 e. The van der Waals surface area contributed by atoms with Gasteiger partial charge in [-0.2, -0.15) is 0 Å². The molecule has 2 aliphatic rings. The van der Waals surface area contributed by atoms with Gasteiger partial charge in [0, 0.05) is 24.4 Å². The van der Waals surface area contributed by atoms with Gasteiger partial charge in [-0.15, -0.1) is 0 Å². The molecule has 39 heavy (non-hydrogen) atoms. The van der Waals surface area contributed by atoms with Crippen LogP contribution in [0.2, 0.25) is 0 Å². The lowest BCUT2D eigenvalue weighted by Gasteiger charge is -2.27. The van der Waals surface area contributed by atoms with Gasteiger partial charge >= 0.3 is 6.09 Å². The number of rotatable bonds is 5. The van der Waals surface area contributed by atoms with Crippen molar-refractivity contribution in [3.63, 3.8) is 0 Å². The number of nitrogens with one attached hydrogen (secondary N) is 1. The van der Waals surface area contributed by atoms with E-state index in [2.05, 4.69) is 10.3 Å². The molecule has 9 nitrogen and oxygen atoms in total. The number of aromatic nitrogens is 1. The second kappa shape index (κ2) is 12.7. The summed E-state index contributed by atoms with van der Waals surface area (Å²) in [7, 11) is 0. The van der Waals surface area contributed by atoms with Crippen LogP contribution < -0.4 is 10.1 Å². The van der Waals surface area contributed by atoms with Crippen LogP contribution in [0.25, 0.3) is 16.8 Å². The third kappa shape index (κ3) is 7.31. The van der Waals surface area contributed by atoms with Gasteiger partial charge in [0.15, 0.2) is 11.6 Å². The smallest absolute Gasteiger partial charge is 0.407 e. The quantitative estimate of drug-likeness (QED) is 0.567. The highest BCUT2D eigenvalue weighted by Gasteiger charge is 2.42. The van der Waals surface area contributed by atoms with Crippen molar-refractivity contribution in [1.29, 1.82) is 0 Å². The van der Waals surface area contributed by atoms with Gasteiger partial charge in [-0.3, -0.25) is 14.4 Å². The molecule has 9 heteroatoms. The molecule has 3 atom stereocenters. The Hall–Kier alpha value is -4.01. The minimum absolute atomic E-state index is 0.0629. The average molecular weight is 534 g/mol. The fourth-order valence-electron chi connectivity index (χ4n) is 4.93. The first-order valence-electron chi connectivity index (χ1n) is 13.3. The van der Waals surface area contributed by atoms with Crippen LogP contribution in [0, 0.1) is 0 Å². The molecule has 0 saturated carbocycles. The molecule has 1 N–H and O–H groups in total. The Kier molecular flexibility index (Phi) is 9.11. The summed E-state index contributed by atoms with van der Waals surface area (Å²) in [6.07, 6.45) is 7.73. The lowest BCUT2D eigenvalue weighted by molar-refractivity contribution is -0.139. The summed E-state index contributed by atoms with van der Waals surface area (Å²) in [5, 5.41) is 4.45. The summed E-state index contributed by atoms with van der Waals surface area (Å²) < 4.78 is 11.6. The predicted octanol–water partition coefficient (Wildman–Crippen LogP) is 4.39. The molecule has 0 radical (unpaired) electrons. The second-order valence-corrected chi connectivity index (χ2v) is 10.3. The van der Waals surface area contributed by atoms with Crippen LogP contribution in [-0.4, -0.2) is 64.8 Å². The Morgan fingerprint density at radius 2 is 2.00 bits per heavy atom. The standard InChI is InChI=1S/C30H35N3O6/c1-19(2)15-23(35)10-11-26-29(36)33-18-24(17-27(33)20(3)34)39-28-25-16-21(8-9-22(25)12-13-31-28)7-5-4-6-14-38-30(37)32-26/h5,7-9,12-13,15-16,24,26-27H,4,6,10-11,14,17-18H2,1-3H3,(H,32,37)/b7-5+/t24-,26+,27+/m1/s1. The number of alkyl carbamates (subject to hydrolysis) is 1. The number of benzene rings is 1. The van der Waals surface area contributed by atoms with E-state index in [4.69, 9.17) is 9.47 Å². The first kappa shape index (κ1) is 28.0. The van der Waals surface area contributed by atoms with Gasteiger partial charge in [-0.05, 0) is 69.2 Å². The van der Waals surface area contributed by atoms with E-state index >= 15 is 0 Å². The molecule has 4 bridgehead atoms. The van der Waals surface area contributed by atoms with E-state index in [1.54, 1.807) is 6.20 Å². The Bertz CT molecular complexity index is 1310. The topological polar surface area (TPSA) is 115 Å². The van der Waals surface area contributed by atoms with Gasteiger partial charge < -0.3 is 19.7 Å². The minimum atomic E-state index is -1.02. The third-order valence-corrected chi connectivity index (χ3v) is 6.82. The highest BCUT2D eigenvalue weighted by atomic mass is 16.5. The summed E-state index contributed by atoms with van der Waals surface area (Å²) in [6, 6.07) is 6.18. The molecule has 1 aromatic carbocycles. The molecule has 2 aliphatic heterocycles. The number of hydrogen-bond donors (Lipinski definition) is 1. The number of carbonyl (C=O) groups is 4. The molecule has 4 rings (SSSR count). The van der Waals surface area contributed by atoms with Crippen LogP contribution in [0.4, 0.5) is 4.79 Å². The summed E-state index contributed by atoms with van der Waals surface area (Å²) >= 11 is 0. The number of ketones is 2. The molecule has 0 spiro atoms. The highest BCUT2D eigenvalue weighted by molar-refractivity contribution is 5.94. The lowest BCUT2D eigenvalue weighted by atomic mass is 10.0. The largest absolute Gasteiger partial charge is 0.472 e. The monoisotopic (exact) mass is 533 g/mol. The van der Waals surface area contributed by atoms with Crippen LogP contribution in [0.1, 0.15) is 58.4 Å². The summed E-state index contributed by atoms with van der Waals surface area (Å²) in [5.74, 6) is -0.326. The number of carbonyl (C=O) groups excluding carboxylic acids is 4. The molecule has 2 amide bonds. The number of cyclic esters (lactones) is 1. The molecule has 3 heterocycles. The van der Waals surface area contributed by atoms with E-state index in [9.17, 15) is 19.2 Å². The second-order valence-electron chi connectivity index (χ2n) is 10.3. The average Bonchev–Trinajstić information content (AvgIpc) is 3.31. The summed E-state index contributed by atoms with van der Waals surface area (Å²) in [6.45, 7) is 5.40. The van der Waals surface area contributed by atoms with Crippen molar-refractivity contribution in [2.24, 2.45) is 0 Å². The van der Waals surface area contributed by atoms with Gasteiger partial charge in [0.1, 0.15) is 12.1 Å². The zero-order valence-electron chi connectivity index (χ0n) is 22.6. The summed E-state index contributed by atoms with van der Waals surface area (Å²) in [4.78, 5) is 57.1.